The number of rotatable bonds is 7. The van der Waals surface area contributed by atoms with Crippen molar-refractivity contribution in [1.82, 2.24) is 15.6 Å². The number of pyridine rings is 1. The molecule has 2 heterocycles. The van der Waals surface area contributed by atoms with Crippen LogP contribution in [0, 0.1) is 6.92 Å². The Kier molecular flexibility index (Phi) is 8.36. The Labute approximate surface area is 180 Å². The number of benzene rings is 1. The van der Waals surface area contributed by atoms with Crippen LogP contribution in [0.2, 0.25) is 0 Å². The fourth-order valence-electron chi connectivity index (χ4n) is 3.87. The SMILES string of the molecule is CN=C(NCCc1cc(C)ccc1OC)NCc1ccnc(N2CCCCCC2)c1. The van der Waals surface area contributed by atoms with Gasteiger partial charge in [0.25, 0.3) is 0 Å². The number of hydrogen-bond acceptors (Lipinski definition) is 4. The van der Waals surface area contributed by atoms with Gasteiger partial charge in [-0.25, -0.2) is 4.98 Å². The van der Waals surface area contributed by atoms with Gasteiger partial charge in [-0.05, 0) is 55.5 Å². The van der Waals surface area contributed by atoms with Crippen LogP contribution in [0.3, 0.4) is 0 Å². The standard InChI is InChI=1S/C24H35N5O/c1-19-8-9-22(30-3)21(16-19)11-13-27-24(25-2)28-18-20-10-12-26-23(17-20)29-14-6-4-5-7-15-29/h8-10,12,16-17H,4-7,11,13-15,18H2,1-3H3,(H2,25,27,28). The summed E-state index contributed by atoms with van der Waals surface area (Å²) >= 11 is 0. The Bertz CT molecular complexity index is 828. The second-order valence-electron chi connectivity index (χ2n) is 7.84. The lowest BCUT2D eigenvalue weighted by atomic mass is 10.1. The summed E-state index contributed by atoms with van der Waals surface area (Å²) < 4.78 is 5.47. The van der Waals surface area contributed by atoms with Crippen LogP contribution in [0.5, 0.6) is 5.75 Å². The van der Waals surface area contributed by atoms with Crippen LogP contribution in [0.25, 0.3) is 0 Å². The molecule has 0 amide bonds. The summed E-state index contributed by atoms with van der Waals surface area (Å²) in [6.07, 6.45) is 7.96. The van der Waals surface area contributed by atoms with E-state index in [0.29, 0.717) is 0 Å². The van der Waals surface area contributed by atoms with E-state index in [9.17, 15) is 0 Å². The number of nitrogens with one attached hydrogen (secondary N) is 2. The minimum Gasteiger partial charge on any atom is -0.496 e. The predicted octanol–water partition coefficient (Wildman–Crippen LogP) is 3.69. The molecule has 2 aromatic rings. The molecule has 0 spiro atoms. The van der Waals surface area contributed by atoms with Gasteiger partial charge in [0.15, 0.2) is 5.96 Å². The van der Waals surface area contributed by atoms with Crippen molar-refractivity contribution in [2.24, 2.45) is 4.99 Å². The first kappa shape index (κ1) is 21.9. The lowest BCUT2D eigenvalue weighted by Crippen LogP contribution is -2.38. The third-order valence-corrected chi connectivity index (χ3v) is 5.55. The van der Waals surface area contributed by atoms with Gasteiger partial charge in [-0.2, -0.15) is 0 Å². The lowest BCUT2D eigenvalue weighted by molar-refractivity contribution is 0.409. The summed E-state index contributed by atoms with van der Waals surface area (Å²) in [4.78, 5) is 11.4. The number of ether oxygens (including phenoxy) is 1. The molecule has 1 saturated heterocycles. The fourth-order valence-corrected chi connectivity index (χ4v) is 3.87. The Morgan fingerprint density at radius 3 is 2.63 bits per heavy atom. The maximum Gasteiger partial charge on any atom is 0.191 e. The molecule has 1 aromatic carbocycles. The molecule has 0 radical (unpaired) electrons. The summed E-state index contributed by atoms with van der Waals surface area (Å²) in [7, 11) is 3.52. The van der Waals surface area contributed by atoms with Crippen LogP contribution in [-0.2, 0) is 13.0 Å². The molecule has 1 aliphatic heterocycles. The largest absolute Gasteiger partial charge is 0.496 e. The van der Waals surface area contributed by atoms with Gasteiger partial charge in [-0.15, -0.1) is 0 Å². The molecule has 0 saturated carbocycles. The van der Waals surface area contributed by atoms with E-state index in [0.717, 1.165) is 50.1 Å². The number of aryl methyl sites for hydroxylation is 1. The van der Waals surface area contributed by atoms with Gasteiger partial charge < -0.3 is 20.3 Å². The Balaban J connectivity index is 1.51. The highest BCUT2D eigenvalue weighted by molar-refractivity contribution is 5.79. The van der Waals surface area contributed by atoms with Gasteiger partial charge in [0.2, 0.25) is 0 Å². The molecule has 6 nitrogen and oxygen atoms in total. The normalized spacial score (nSPS) is 14.9. The van der Waals surface area contributed by atoms with Crippen molar-refractivity contribution in [2.45, 2.75) is 45.6 Å². The number of methoxy groups -OCH3 is 1. The summed E-state index contributed by atoms with van der Waals surface area (Å²) in [6.45, 7) is 5.82. The van der Waals surface area contributed by atoms with Crippen molar-refractivity contribution in [1.29, 1.82) is 0 Å². The molecule has 3 rings (SSSR count). The average Bonchev–Trinajstić information content (AvgIpc) is 3.06. The minimum absolute atomic E-state index is 0.719. The number of hydrogen-bond donors (Lipinski definition) is 2. The number of nitrogens with zero attached hydrogens (tertiary/aromatic N) is 3. The van der Waals surface area contributed by atoms with E-state index in [2.05, 4.69) is 56.7 Å². The van der Waals surface area contributed by atoms with Crippen molar-refractivity contribution >= 4 is 11.8 Å². The molecule has 0 unspecified atom stereocenters. The Morgan fingerprint density at radius 1 is 1.10 bits per heavy atom. The van der Waals surface area contributed by atoms with Crippen molar-refractivity contribution in [3.8, 4) is 5.75 Å². The van der Waals surface area contributed by atoms with Gasteiger partial charge in [-0.1, -0.05) is 30.5 Å². The van der Waals surface area contributed by atoms with Gasteiger partial charge in [0.1, 0.15) is 11.6 Å². The summed E-state index contributed by atoms with van der Waals surface area (Å²) in [5, 5.41) is 6.82. The van der Waals surface area contributed by atoms with E-state index in [1.54, 1.807) is 14.2 Å². The van der Waals surface area contributed by atoms with Gasteiger partial charge in [-0.3, -0.25) is 4.99 Å². The number of aliphatic imine (C=N–C) groups is 1. The van der Waals surface area contributed by atoms with E-state index in [-0.39, 0.29) is 0 Å². The number of anilines is 1. The molecule has 6 heteroatoms. The van der Waals surface area contributed by atoms with Gasteiger partial charge in [0, 0.05) is 39.4 Å². The molecule has 0 atom stereocenters. The minimum atomic E-state index is 0.719. The van der Waals surface area contributed by atoms with Crippen LogP contribution >= 0.6 is 0 Å². The quantitative estimate of drug-likeness (QED) is 0.539. The zero-order chi connectivity index (χ0) is 21.2. The molecule has 0 aliphatic carbocycles. The van der Waals surface area contributed by atoms with Crippen LogP contribution in [-0.4, -0.2) is 44.7 Å². The second-order valence-corrected chi connectivity index (χ2v) is 7.84. The molecule has 1 aromatic heterocycles. The first-order valence-electron chi connectivity index (χ1n) is 11.0. The average molecular weight is 410 g/mol. The number of aromatic nitrogens is 1. The molecule has 0 bridgehead atoms. The van der Waals surface area contributed by atoms with Crippen LogP contribution < -0.4 is 20.3 Å². The second kappa shape index (κ2) is 11.4. The zero-order valence-corrected chi connectivity index (χ0v) is 18.6. The highest BCUT2D eigenvalue weighted by Crippen LogP contribution is 2.20. The lowest BCUT2D eigenvalue weighted by Gasteiger charge is -2.22. The maximum absolute atomic E-state index is 5.47. The number of guanidine groups is 1. The highest BCUT2D eigenvalue weighted by Gasteiger charge is 2.11. The Hall–Kier alpha value is -2.76. The van der Waals surface area contributed by atoms with Crippen molar-refractivity contribution < 1.29 is 4.74 Å². The molecule has 30 heavy (non-hydrogen) atoms. The highest BCUT2D eigenvalue weighted by atomic mass is 16.5. The summed E-state index contributed by atoms with van der Waals surface area (Å²) in [5.41, 5.74) is 3.66. The topological polar surface area (TPSA) is 61.8 Å². The molecule has 1 fully saturated rings. The molecule has 2 N–H and O–H groups in total. The van der Waals surface area contributed by atoms with Crippen molar-refractivity contribution in [3.05, 3.63) is 53.2 Å². The Morgan fingerprint density at radius 2 is 1.90 bits per heavy atom. The van der Waals surface area contributed by atoms with E-state index in [4.69, 9.17) is 4.74 Å². The zero-order valence-electron chi connectivity index (χ0n) is 18.6. The van der Waals surface area contributed by atoms with E-state index >= 15 is 0 Å². The molecule has 162 valence electrons. The van der Waals surface area contributed by atoms with Crippen LogP contribution in [0.4, 0.5) is 5.82 Å². The van der Waals surface area contributed by atoms with Crippen molar-refractivity contribution in [3.63, 3.8) is 0 Å². The van der Waals surface area contributed by atoms with Gasteiger partial charge >= 0.3 is 0 Å². The summed E-state index contributed by atoms with van der Waals surface area (Å²) in [6, 6.07) is 10.5. The first-order chi connectivity index (χ1) is 14.7. The third-order valence-electron chi connectivity index (χ3n) is 5.55. The smallest absolute Gasteiger partial charge is 0.191 e. The van der Waals surface area contributed by atoms with E-state index in [1.807, 2.05) is 12.3 Å². The van der Waals surface area contributed by atoms with Crippen molar-refractivity contribution in [2.75, 3.05) is 38.7 Å². The molecular formula is C24H35N5O. The fraction of sp³-hybridized carbons (Fsp3) is 0.500. The maximum atomic E-state index is 5.47. The third kappa shape index (κ3) is 6.37. The van der Waals surface area contributed by atoms with E-state index < -0.39 is 0 Å². The van der Waals surface area contributed by atoms with E-state index in [1.165, 1.54) is 42.4 Å². The first-order valence-corrected chi connectivity index (χ1v) is 11.0. The summed E-state index contributed by atoms with van der Waals surface area (Å²) in [5.74, 6) is 2.82. The molecular weight excluding hydrogens is 374 g/mol. The van der Waals surface area contributed by atoms with Crippen LogP contribution in [0.1, 0.15) is 42.4 Å². The predicted molar refractivity (Wildman–Crippen MR) is 125 cm³/mol. The monoisotopic (exact) mass is 409 g/mol. The van der Waals surface area contributed by atoms with Crippen LogP contribution in [0.15, 0.2) is 41.5 Å². The van der Waals surface area contributed by atoms with Gasteiger partial charge in [0.05, 0.1) is 7.11 Å². The molecule has 1 aliphatic rings.